The molecule has 1 aromatic heterocycles. The second-order valence-corrected chi connectivity index (χ2v) is 5.52. The van der Waals surface area contributed by atoms with E-state index < -0.39 is 0 Å². The van der Waals surface area contributed by atoms with E-state index in [0.717, 1.165) is 17.9 Å². The van der Waals surface area contributed by atoms with E-state index >= 15 is 0 Å². The summed E-state index contributed by atoms with van der Waals surface area (Å²) >= 11 is 6.27. The van der Waals surface area contributed by atoms with Gasteiger partial charge in [0, 0.05) is 6.54 Å². The van der Waals surface area contributed by atoms with E-state index in [2.05, 4.69) is 41.6 Å². The van der Waals surface area contributed by atoms with Crippen molar-refractivity contribution in [1.29, 1.82) is 0 Å². The predicted molar refractivity (Wildman–Crippen MR) is 78.1 cm³/mol. The first kappa shape index (κ1) is 13.4. The molecule has 0 fully saturated rings. The van der Waals surface area contributed by atoms with Crippen molar-refractivity contribution in [2.45, 2.75) is 45.5 Å². The van der Waals surface area contributed by atoms with Gasteiger partial charge in [-0.05, 0) is 25.0 Å². The minimum absolute atomic E-state index is 0.0493. The topological polar surface area (TPSA) is 17.8 Å². The number of rotatable bonds is 5. The van der Waals surface area contributed by atoms with Gasteiger partial charge in [0.15, 0.2) is 0 Å². The Hall–Kier alpha value is -1.02. The molecule has 0 aliphatic carbocycles. The second kappa shape index (κ2) is 5.75. The van der Waals surface area contributed by atoms with Gasteiger partial charge in [0.1, 0.15) is 5.82 Å². The largest absolute Gasteiger partial charge is 0.326 e. The number of aromatic nitrogens is 2. The molecule has 0 aliphatic heterocycles. The Labute approximate surface area is 114 Å². The summed E-state index contributed by atoms with van der Waals surface area (Å²) in [6, 6.07) is 8.28. The maximum absolute atomic E-state index is 6.27. The molecule has 0 spiro atoms. The number of fused-ring (bicyclic) bond motifs is 1. The molecule has 1 atom stereocenters. The Morgan fingerprint density at radius 1 is 1.22 bits per heavy atom. The van der Waals surface area contributed by atoms with Gasteiger partial charge in [-0.3, -0.25) is 0 Å². The summed E-state index contributed by atoms with van der Waals surface area (Å²) in [5.74, 6) is 1.68. The maximum Gasteiger partial charge on any atom is 0.127 e. The van der Waals surface area contributed by atoms with Crippen molar-refractivity contribution in [3.05, 3.63) is 30.1 Å². The average molecular weight is 265 g/mol. The van der Waals surface area contributed by atoms with Crippen LogP contribution in [0.2, 0.25) is 0 Å². The molecule has 98 valence electrons. The van der Waals surface area contributed by atoms with E-state index in [1.165, 1.54) is 18.4 Å². The van der Waals surface area contributed by atoms with E-state index in [9.17, 15) is 0 Å². The fraction of sp³-hybridized carbons (Fsp3) is 0.533. The minimum atomic E-state index is -0.0493. The lowest BCUT2D eigenvalue weighted by atomic mass is 10.0. The number of halogens is 1. The zero-order valence-electron chi connectivity index (χ0n) is 11.4. The Balaban J connectivity index is 2.48. The molecular formula is C15H21ClN2. The standard InChI is InChI=1S/C15H21ClN2/c1-4-12(5-2)10-18-14-9-7-6-8-13(14)17-15(18)11(3)16/h6-9,11-12H,4-5,10H2,1-3H3. The fourth-order valence-electron chi connectivity index (χ4n) is 2.39. The molecule has 0 amide bonds. The van der Waals surface area contributed by atoms with Crippen molar-refractivity contribution in [3.8, 4) is 0 Å². The maximum atomic E-state index is 6.27. The monoisotopic (exact) mass is 264 g/mol. The summed E-state index contributed by atoms with van der Waals surface area (Å²) in [4.78, 5) is 4.66. The number of hydrogen-bond donors (Lipinski definition) is 0. The summed E-state index contributed by atoms with van der Waals surface area (Å²) < 4.78 is 2.30. The number of benzene rings is 1. The van der Waals surface area contributed by atoms with Crippen LogP contribution in [0.3, 0.4) is 0 Å². The van der Waals surface area contributed by atoms with E-state index in [1.54, 1.807) is 0 Å². The van der Waals surface area contributed by atoms with Crippen molar-refractivity contribution in [3.63, 3.8) is 0 Å². The predicted octanol–water partition coefficient (Wildman–Crippen LogP) is 4.77. The van der Waals surface area contributed by atoms with Gasteiger partial charge in [-0.25, -0.2) is 4.98 Å². The molecule has 3 heteroatoms. The van der Waals surface area contributed by atoms with Crippen molar-refractivity contribution in [2.24, 2.45) is 5.92 Å². The van der Waals surface area contributed by atoms with Crippen LogP contribution in [0.15, 0.2) is 24.3 Å². The van der Waals surface area contributed by atoms with Gasteiger partial charge in [0.25, 0.3) is 0 Å². The number of imidazole rings is 1. The zero-order valence-corrected chi connectivity index (χ0v) is 12.1. The van der Waals surface area contributed by atoms with Gasteiger partial charge >= 0.3 is 0 Å². The molecule has 0 radical (unpaired) electrons. The van der Waals surface area contributed by atoms with Gasteiger partial charge in [-0.1, -0.05) is 38.8 Å². The lowest BCUT2D eigenvalue weighted by Gasteiger charge is -2.17. The molecule has 0 bridgehead atoms. The lowest BCUT2D eigenvalue weighted by molar-refractivity contribution is 0.417. The highest BCUT2D eigenvalue weighted by Gasteiger charge is 2.16. The second-order valence-electron chi connectivity index (χ2n) is 4.87. The van der Waals surface area contributed by atoms with Crippen LogP contribution >= 0.6 is 11.6 Å². The van der Waals surface area contributed by atoms with Gasteiger partial charge in [-0.2, -0.15) is 0 Å². The van der Waals surface area contributed by atoms with Gasteiger partial charge in [0.05, 0.1) is 16.4 Å². The van der Waals surface area contributed by atoms with Crippen molar-refractivity contribution >= 4 is 22.6 Å². The third kappa shape index (κ3) is 2.54. The van der Waals surface area contributed by atoms with Crippen molar-refractivity contribution in [1.82, 2.24) is 9.55 Å². The number of alkyl halides is 1. The summed E-state index contributed by atoms with van der Waals surface area (Å²) in [6.07, 6.45) is 2.39. The molecule has 18 heavy (non-hydrogen) atoms. The molecule has 1 aromatic carbocycles. The van der Waals surface area contributed by atoms with Crippen LogP contribution in [0.4, 0.5) is 0 Å². The van der Waals surface area contributed by atoms with Crippen molar-refractivity contribution in [2.75, 3.05) is 0 Å². The first-order valence-corrected chi connectivity index (χ1v) is 7.20. The van der Waals surface area contributed by atoms with Crippen LogP contribution in [0.1, 0.15) is 44.8 Å². The van der Waals surface area contributed by atoms with E-state index in [1.807, 2.05) is 13.0 Å². The smallest absolute Gasteiger partial charge is 0.127 e. The van der Waals surface area contributed by atoms with Crippen LogP contribution in [-0.2, 0) is 6.54 Å². The molecule has 0 saturated heterocycles. The molecule has 0 N–H and O–H groups in total. The number of para-hydroxylation sites is 2. The number of hydrogen-bond acceptors (Lipinski definition) is 1. The Bertz CT molecular complexity index is 512. The molecule has 2 rings (SSSR count). The Kier molecular flexibility index (Phi) is 4.28. The summed E-state index contributed by atoms with van der Waals surface area (Å²) in [7, 11) is 0. The lowest BCUT2D eigenvalue weighted by Crippen LogP contribution is -2.12. The normalized spacial score (nSPS) is 13.4. The van der Waals surface area contributed by atoms with Gasteiger partial charge in [-0.15, -0.1) is 11.6 Å². The van der Waals surface area contributed by atoms with Crippen LogP contribution in [0.25, 0.3) is 11.0 Å². The van der Waals surface area contributed by atoms with Crippen molar-refractivity contribution < 1.29 is 0 Å². The molecular weight excluding hydrogens is 244 g/mol. The first-order chi connectivity index (χ1) is 8.67. The van der Waals surface area contributed by atoms with Crippen LogP contribution in [0, 0.1) is 5.92 Å². The summed E-state index contributed by atoms with van der Waals surface area (Å²) in [5, 5.41) is -0.0493. The van der Waals surface area contributed by atoms with Gasteiger partial charge in [0.2, 0.25) is 0 Å². The Morgan fingerprint density at radius 2 is 1.89 bits per heavy atom. The van der Waals surface area contributed by atoms with E-state index in [-0.39, 0.29) is 5.38 Å². The Morgan fingerprint density at radius 3 is 2.50 bits per heavy atom. The first-order valence-electron chi connectivity index (χ1n) is 6.76. The van der Waals surface area contributed by atoms with Crippen LogP contribution in [-0.4, -0.2) is 9.55 Å². The van der Waals surface area contributed by atoms with E-state index in [0.29, 0.717) is 5.92 Å². The summed E-state index contributed by atoms with van der Waals surface area (Å²) in [6.45, 7) is 7.50. The quantitative estimate of drug-likeness (QED) is 0.711. The highest BCUT2D eigenvalue weighted by molar-refractivity contribution is 6.20. The van der Waals surface area contributed by atoms with Crippen LogP contribution < -0.4 is 0 Å². The SMILES string of the molecule is CCC(CC)Cn1c(C(C)Cl)nc2ccccc21. The molecule has 0 aliphatic rings. The highest BCUT2D eigenvalue weighted by atomic mass is 35.5. The van der Waals surface area contributed by atoms with Crippen LogP contribution in [0.5, 0.6) is 0 Å². The molecule has 2 aromatic rings. The number of nitrogens with zero attached hydrogens (tertiary/aromatic N) is 2. The third-order valence-electron chi connectivity index (χ3n) is 3.64. The van der Waals surface area contributed by atoms with Gasteiger partial charge < -0.3 is 4.57 Å². The molecule has 0 saturated carbocycles. The fourth-order valence-corrected chi connectivity index (χ4v) is 2.56. The minimum Gasteiger partial charge on any atom is -0.326 e. The molecule has 2 nitrogen and oxygen atoms in total. The van der Waals surface area contributed by atoms with E-state index in [4.69, 9.17) is 11.6 Å². The molecule has 1 unspecified atom stereocenters. The zero-order chi connectivity index (χ0) is 13.1. The highest BCUT2D eigenvalue weighted by Crippen LogP contribution is 2.26. The molecule has 1 heterocycles. The average Bonchev–Trinajstić information content (AvgIpc) is 2.75. The summed E-state index contributed by atoms with van der Waals surface area (Å²) in [5.41, 5.74) is 2.25. The third-order valence-corrected chi connectivity index (χ3v) is 3.83.